The minimum absolute atomic E-state index is 0.0927. The summed E-state index contributed by atoms with van der Waals surface area (Å²) in [7, 11) is 0. The van der Waals surface area contributed by atoms with Crippen molar-refractivity contribution < 1.29 is 9.53 Å². The van der Waals surface area contributed by atoms with Gasteiger partial charge >= 0.3 is 0 Å². The maximum Gasteiger partial charge on any atom is 0.159 e. The van der Waals surface area contributed by atoms with Gasteiger partial charge in [-0.2, -0.15) is 0 Å². The van der Waals surface area contributed by atoms with Crippen LogP contribution in [0.5, 0.6) is 5.75 Å². The number of benzene rings is 1. The first kappa shape index (κ1) is 13.1. The molecule has 2 heteroatoms. The summed E-state index contributed by atoms with van der Waals surface area (Å²) in [5.74, 6) is 1.81. The molecule has 18 heavy (non-hydrogen) atoms. The van der Waals surface area contributed by atoms with Crippen LogP contribution in [0.2, 0.25) is 0 Å². The van der Waals surface area contributed by atoms with Crippen LogP contribution in [0.4, 0.5) is 0 Å². The van der Waals surface area contributed by atoms with Gasteiger partial charge in [0.2, 0.25) is 0 Å². The quantitative estimate of drug-likeness (QED) is 0.743. The average Bonchev–Trinajstić information content (AvgIpc) is 2.40. The van der Waals surface area contributed by atoms with Crippen molar-refractivity contribution in [3.8, 4) is 5.75 Å². The maximum absolute atomic E-state index is 11.3. The molecule has 1 saturated carbocycles. The number of hydrogen-bond acceptors (Lipinski definition) is 2. The molecule has 1 aliphatic rings. The lowest BCUT2D eigenvalue weighted by molar-refractivity contribution is 0.101. The van der Waals surface area contributed by atoms with Crippen molar-refractivity contribution in [2.24, 2.45) is 5.92 Å². The number of Topliss-reactive ketones (excluding diaryl/α,β-unsaturated/α-hetero) is 1. The fourth-order valence-corrected chi connectivity index (χ4v) is 2.64. The van der Waals surface area contributed by atoms with E-state index in [1.54, 1.807) is 6.92 Å². The molecule has 1 aromatic rings. The molecule has 0 heterocycles. The van der Waals surface area contributed by atoms with E-state index in [2.05, 4.69) is 6.92 Å². The van der Waals surface area contributed by atoms with Crippen LogP contribution in [0, 0.1) is 5.92 Å². The number of carbonyl (C=O) groups is 1. The molecule has 98 valence electrons. The lowest BCUT2D eigenvalue weighted by Crippen LogP contribution is -2.23. The standard InChI is InChI=1S/C16H22O2/c1-3-13-7-9-15(10-8-13)18-16-6-4-5-14(11-16)12(2)17/h4-6,11,13,15H,3,7-10H2,1-2H3. The van der Waals surface area contributed by atoms with Gasteiger partial charge < -0.3 is 4.74 Å². The molecule has 0 aliphatic heterocycles. The Bertz CT molecular complexity index is 403. The predicted molar refractivity (Wildman–Crippen MR) is 73.1 cm³/mol. The molecule has 0 spiro atoms. The van der Waals surface area contributed by atoms with E-state index in [9.17, 15) is 4.79 Å². The third-order valence-corrected chi connectivity index (χ3v) is 3.91. The summed E-state index contributed by atoms with van der Waals surface area (Å²) in [6.45, 7) is 3.85. The summed E-state index contributed by atoms with van der Waals surface area (Å²) < 4.78 is 5.99. The molecule has 0 aromatic heterocycles. The molecular formula is C16H22O2. The highest BCUT2D eigenvalue weighted by atomic mass is 16.5. The molecule has 0 unspecified atom stereocenters. The second-order valence-electron chi connectivity index (χ2n) is 5.25. The minimum Gasteiger partial charge on any atom is -0.490 e. The fraction of sp³-hybridized carbons (Fsp3) is 0.562. The van der Waals surface area contributed by atoms with Crippen LogP contribution in [0.1, 0.15) is 56.3 Å². The Hall–Kier alpha value is -1.31. The smallest absolute Gasteiger partial charge is 0.159 e. The zero-order valence-corrected chi connectivity index (χ0v) is 11.3. The third kappa shape index (κ3) is 3.34. The fourth-order valence-electron chi connectivity index (χ4n) is 2.64. The Morgan fingerprint density at radius 2 is 2.00 bits per heavy atom. The molecule has 0 amide bonds. The molecule has 0 radical (unpaired) electrons. The summed E-state index contributed by atoms with van der Waals surface area (Å²) in [5, 5.41) is 0. The summed E-state index contributed by atoms with van der Waals surface area (Å²) in [6.07, 6.45) is 6.44. The number of ketones is 1. The van der Waals surface area contributed by atoms with Crippen LogP contribution in [0.15, 0.2) is 24.3 Å². The Morgan fingerprint density at radius 1 is 1.28 bits per heavy atom. The first-order chi connectivity index (χ1) is 8.69. The molecule has 0 N–H and O–H groups in total. The lowest BCUT2D eigenvalue weighted by atomic mass is 9.86. The van der Waals surface area contributed by atoms with E-state index in [1.165, 1.54) is 19.3 Å². The highest BCUT2D eigenvalue weighted by Gasteiger charge is 2.21. The van der Waals surface area contributed by atoms with Gasteiger partial charge in [0, 0.05) is 5.56 Å². The molecule has 1 aliphatic carbocycles. The Morgan fingerprint density at radius 3 is 2.61 bits per heavy atom. The van der Waals surface area contributed by atoms with Gasteiger partial charge in [-0.15, -0.1) is 0 Å². The number of carbonyl (C=O) groups excluding carboxylic acids is 1. The van der Waals surface area contributed by atoms with E-state index in [0.29, 0.717) is 6.10 Å². The first-order valence-electron chi connectivity index (χ1n) is 6.96. The molecule has 2 rings (SSSR count). The summed E-state index contributed by atoms with van der Waals surface area (Å²) in [5.41, 5.74) is 0.731. The van der Waals surface area contributed by atoms with E-state index in [-0.39, 0.29) is 5.78 Å². The van der Waals surface area contributed by atoms with Gasteiger partial charge in [-0.05, 0) is 50.7 Å². The van der Waals surface area contributed by atoms with Gasteiger partial charge in [-0.1, -0.05) is 25.5 Å². The van der Waals surface area contributed by atoms with Gasteiger partial charge in [0.15, 0.2) is 5.78 Å². The number of hydrogen-bond donors (Lipinski definition) is 0. The molecule has 1 fully saturated rings. The van der Waals surface area contributed by atoms with Crippen molar-refractivity contribution in [2.75, 3.05) is 0 Å². The predicted octanol–water partition coefficient (Wildman–Crippen LogP) is 4.24. The Balaban J connectivity index is 1.94. The Labute approximate surface area is 109 Å². The average molecular weight is 246 g/mol. The summed E-state index contributed by atoms with van der Waals surface area (Å²) >= 11 is 0. The van der Waals surface area contributed by atoms with Gasteiger partial charge in [0.1, 0.15) is 5.75 Å². The van der Waals surface area contributed by atoms with E-state index >= 15 is 0 Å². The maximum atomic E-state index is 11.3. The molecule has 0 atom stereocenters. The highest BCUT2D eigenvalue weighted by Crippen LogP contribution is 2.29. The van der Waals surface area contributed by atoms with Crippen molar-refractivity contribution in [3.63, 3.8) is 0 Å². The van der Waals surface area contributed by atoms with Gasteiger partial charge in [-0.25, -0.2) is 0 Å². The molecule has 1 aromatic carbocycles. The highest BCUT2D eigenvalue weighted by molar-refractivity contribution is 5.94. The molecule has 0 saturated heterocycles. The number of ether oxygens (including phenoxy) is 1. The van der Waals surface area contributed by atoms with Gasteiger partial charge in [0.05, 0.1) is 6.10 Å². The topological polar surface area (TPSA) is 26.3 Å². The van der Waals surface area contributed by atoms with Gasteiger partial charge in [0.25, 0.3) is 0 Å². The van der Waals surface area contributed by atoms with E-state index < -0.39 is 0 Å². The summed E-state index contributed by atoms with van der Waals surface area (Å²) in [4.78, 5) is 11.3. The zero-order valence-electron chi connectivity index (χ0n) is 11.3. The van der Waals surface area contributed by atoms with Crippen molar-refractivity contribution in [1.29, 1.82) is 0 Å². The monoisotopic (exact) mass is 246 g/mol. The van der Waals surface area contributed by atoms with E-state index in [0.717, 1.165) is 30.1 Å². The Kier molecular flexibility index (Phi) is 4.40. The first-order valence-corrected chi connectivity index (χ1v) is 6.96. The normalized spacial score (nSPS) is 23.7. The van der Waals surface area contributed by atoms with Crippen LogP contribution in [0.25, 0.3) is 0 Å². The van der Waals surface area contributed by atoms with Crippen molar-refractivity contribution in [1.82, 2.24) is 0 Å². The van der Waals surface area contributed by atoms with Gasteiger partial charge in [-0.3, -0.25) is 4.79 Å². The third-order valence-electron chi connectivity index (χ3n) is 3.91. The van der Waals surface area contributed by atoms with E-state index in [4.69, 9.17) is 4.74 Å². The zero-order chi connectivity index (χ0) is 13.0. The van der Waals surface area contributed by atoms with Crippen LogP contribution in [0.3, 0.4) is 0 Å². The van der Waals surface area contributed by atoms with Crippen LogP contribution in [-0.2, 0) is 0 Å². The SMILES string of the molecule is CCC1CCC(Oc2cccc(C(C)=O)c2)CC1. The largest absolute Gasteiger partial charge is 0.490 e. The van der Waals surface area contributed by atoms with Crippen LogP contribution in [-0.4, -0.2) is 11.9 Å². The summed E-state index contributed by atoms with van der Waals surface area (Å²) in [6, 6.07) is 7.53. The molecule has 0 bridgehead atoms. The van der Waals surface area contributed by atoms with Crippen molar-refractivity contribution in [2.45, 2.75) is 52.1 Å². The second kappa shape index (κ2) is 6.03. The van der Waals surface area contributed by atoms with Crippen LogP contribution < -0.4 is 4.74 Å². The van der Waals surface area contributed by atoms with Crippen molar-refractivity contribution in [3.05, 3.63) is 29.8 Å². The van der Waals surface area contributed by atoms with E-state index in [1.807, 2.05) is 24.3 Å². The molecule has 2 nitrogen and oxygen atoms in total. The van der Waals surface area contributed by atoms with Crippen LogP contribution >= 0.6 is 0 Å². The minimum atomic E-state index is 0.0927. The van der Waals surface area contributed by atoms with Crippen molar-refractivity contribution >= 4 is 5.78 Å². The molecular weight excluding hydrogens is 224 g/mol. The second-order valence-corrected chi connectivity index (χ2v) is 5.25. The number of rotatable bonds is 4. The lowest BCUT2D eigenvalue weighted by Gasteiger charge is -2.28.